The summed E-state index contributed by atoms with van der Waals surface area (Å²) in [4.78, 5) is 12.5. The van der Waals surface area contributed by atoms with E-state index < -0.39 is 5.54 Å². The van der Waals surface area contributed by atoms with E-state index in [9.17, 15) is 4.79 Å². The van der Waals surface area contributed by atoms with Gasteiger partial charge >= 0.3 is 0 Å². The number of nitrogens with one attached hydrogen (secondary N) is 1. The fraction of sp³-hybridized carbons (Fsp3) is 0.562. The van der Waals surface area contributed by atoms with E-state index in [0.29, 0.717) is 32.0 Å². The van der Waals surface area contributed by atoms with Crippen molar-refractivity contribution in [2.45, 2.75) is 38.3 Å². The molecule has 1 heterocycles. The number of ether oxygens (including phenoxy) is 1. The van der Waals surface area contributed by atoms with Crippen molar-refractivity contribution in [3.8, 4) is 0 Å². The van der Waals surface area contributed by atoms with E-state index in [-0.39, 0.29) is 11.9 Å². The molecule has 110 valence electrons. The molecule has 1 aliphatic rings. The Bertz CT molecular complexity index is 439. The maximum absolute atomic E-state index is 12.5. The van der Waals surface area contributed by atoms with E-state index >= 15 is 0 Å². The highest BCUT2D eigenvalue weighted by Crippen LogP contribution is 2.24. The summed E-state index contributed by atoms with van der Waals surface area (Å²) < 4.78 is 5.29. The van der Waals surface area contributed by atoms with E-state index in [2.05, 4.69) is 19.2 Å². The van der Waals surface area contributed by atoms with Crippen LogP contribution in [0.4, 0.5) is 0 Å². The van der Waals surface area contributed by atoms with Gasteiger partial charge in [-0.15, -0.1) is 0 Å². The average Bonchev–Trinajstić information content (AvgIpc) is 2.45. The molecular weight excluding hydrogens is 252 g/mol. The minimum absolute atomic E-state index is 0.00744. The van der Waals surface area contributed by atoms with Gasteiger partial charge < -0.3 is 15.8 Å². The van der Waals surface area contributed by atoms with Gasteiger partial charge in [0, 0.05) is 13.2 Å². The molecule has 2 rings (SSSR count). The zero-order chi connectivity index (χ0) is 14.6. The number of nitrogens with two attached hydrogens (primary N) is 1. The van der Waals surface area contributed by atoms with Gasteiger partial charge in [0.05, 0.1) is 11.6 Å². The zero-order valence-electron chi connectivity index (χ0n) is 12.3. The third kappa shape index (κ3) is 3.38. The Balaban J connectivity index is 2.10. The summed E-state index contributed by atoms with van der Waals surface area (Å²) in [5.74, 6) is 0.244. The maximum atomic E-state index is 12.5. The Labute approximate surface area is 120 Å². The van der Waals surface area contributed by atoms with Crippen molar-refractivity contribution >= 4 is 5.91 Å². The van der Waals surface area contributed by atoms with Crippen LogP contribution in [0, 0.1) is 5.92 Å². The summed E-state index contributed by atoms with van der Waals surface area (Å²) in [7, 11) is 0. The van der Waals surface area contributed by atoms with Crippen LogP contribution >= 0.6 is 0 Å². The lowest BCUT2D eigenvalue weighted by atomic mass is 9.88. The predicted octanol–water partition coefficient (Wildman–Crippen LogP) is 2.01. The molecule has 4 heteroatoms. The zero-order valence-corrected chi connectivity index (χ0v) is 12.3. The SMILES string of the molecule is CC(C)C(NC(=O)C1(N)CCOCC1)c1ccccc1. The first kappa shape index (κ1) is 15.0. The van der Waals surface area contributed by atoms with Gasteiger partial charge in [-0.1, -0.05) is 44.2 Å². The Morgan fingerprint density at radius 3 is 2.40 bits per heavy atom. The quantitative estimate of drug-likeness (QED) is 0.884. The summed E-state index contributed by atoms with van der Waals surface area (Å²) in [6.45, 7) is 5.32. The highest BCUT2D eigenvalue weighted by molar-refractivity contribution is 5.86. The molecule has 1 saturated heterocycles. The van der Waals surface area contributed by atoms with Crippen LogP contribution in [0.3, 0.4) is 0 Å². The molecule has 0 aromatic heterocycles. The smallest absolute Gasteiger partial charge is 0.240 e. The molecule has 20 heavy (non-hydrogen) atoms. The van der Waals surface area contributed by atoms with Crippen LogP contribution in [0.15, 0.2) is 30.3 Å². The molecule has 0 spiro atoms. The van der Waals surface area contributed by atoms with Crippen molar-refractivity contribution in [3.63, 3.8) is 0 Å². The van der Waals surface area contributed by atoms with Gasteiger partial charge in [-0.3, -0.25) is 4.79 Å². The van der Waals surface area contributed by atoms with Crippen LogP contribution in [-0.4, -0.2) is 24.7 Å². The van der Waals surface area contributed by atoms with Gasteiger partial charge in [0.1, 0.15) is 0 Å². The number of carbonyl (C=O) groups excluding carboxylic acids is 1. The molecule has 1 amide bonds. The molecule has 4 nitrogen and oxygen atoms in total. The second-order valence-corrected chi connectivity index (χ2v) is 5.87. The van der Waals surface area contributed by atoms with Crippen molar-refractivity contribution in [3.05, 3.63) is 35.9 Å². The standard InChI is InChI=1S/C16H24N2O2/c1-12(2)14(13-6-4-3-5-7-13)18-15(19)16(17)8-10-20-11-9-16/h3-7,12,14H,8-11,17H2,1-2H3,(H,18,19). The van der Waals surface area contributed by atoms with E-state index in [1.807, 2.05) is 30.3 Å². The largest absolute Gasteiger partial charge is 0.381 e. The first-order valence-corrected chi connectivity index (χ1v) is 7.25. The fourth-order valence-electron chi connectivity index (χ4n) is 2.54. The van der Waals surface area contributed by atoms with Gasteiger partial charge in [0.2, 0.25) is 5.91 Å². The second kappa shape index (κ2) is 6.37. The summed E-state index contributed by atoms with van der Waals surface area (Å²) in [6, 6.07) is 10.0. The van der Waals surface area contributed by atoms with E-state index in [1.54, 1.807) is 0 Å². The van der Waals surface area contributed by atoms with Crippen LogP contribution < -0.4 is 11.1 Å². The molecule has 1 aromatic rings. The van der Waals surface area contributed by atoms with E-state index in [1.165, 1.54) is 0 Å². The Morgan fingerprint density at radius 1 is 1.25 bits per heavy atom. The van der Waals surface area contributed by atoms with Gasteiger partial charge in [0.15, 0.2) is 0 Å². The second-order valence-electron chi connectivity index (χ2n) is 5.87. The number of amides is 1. The molecule has 3 N–H and O–H groups in total. The molecule has 1 aromatic carbocycles. The van der Waals surface area contributed by atoms with Crippen LogP contribution in [-0.2, 0) is 9.53 Å². The van der Waals surface area contributed by atoms with E-state index in [0.717, 1.165) is 5.56 Å². The normalized spacial score (nSPS) is 19.6. The Hall–Kier alpha value is -1.39. The van der Waals surface area contributed by atoms with Crippen molar-refractivity contribution in [1.29, 1.82) is 0 Å². The summed E-state index contributed by atoms with van der Waals surface area (Å²) in [6.07, 6.45) is 1.16. The van der Waals surface area contributed by atoms with Gasteiger partial charge in [0.25, 0.3) is 0 Å². The molecule has 1 aliphatic heterocycles. The fourth-order valence-corrected chi connectivity index (χ4v) is 2.54. The van der Waals surface area contributed by atoms with E-state index in [4.69, 9.17) is 10.5 Å². The Kier molecular flexibility index (Phi) is 4.78. The number of benzene rings is 1. The maximum Gasteiger partial charge on any atom is 0.240 e. The molecular formula is C16H24N2O2. The molecule has 1 unspecified atom stereocenters. The molecule has 1 atom stereocenters. The van der Waals surface area contributed by atoms with Gasteiger partial charge in [-0.2, -0.15) is 0 Å². The Morgan fingerprint density at radius 2 is 1.85 bits per heavy atom. The lowest BCUT2D eigenvalue weighted by Crippen LogP contribution is -2.57. The molecule has 1 fully saturated rings. The monoisotopic (exact) mass is 276 g/mol. The highest BCUT2D eigenvalue weighted by atomic mass is 16.5. The number of hydrogen-bond acceptors (Lipinski definition) is 3. The number of carbonyl (C=O) groups is 1. The lowest BCUT2D eigenvalue weighted by molar-refractivity contribution is -0.130. The predicted molar refractivity (Wildman–Crippen MR) is 79.1 cm³/mol. The average molecular weight is 276 g/mol. The molecule has 0 saturated carbocycles. The van der Waals surface area contributed by atoms with Crippen molar-refractivity contribution < 1.29 is 9.53 Å². The summed E-state index contributed by atoms with van der Waals surface area (Å²) in [5.41, 5.74) is 6.56. The minimum Gasteiger partial charge on any atom is -0.381 e. The van der Waals surface area contributed by atoms with Crippen LogP contribution in [0.25, 0.3) is 0 Å². The van der Waals surface area contributed by atoms with Crippen molar-refractivity contribution in [2.24, 2.45) is 11.7 Å². The van der Waals surface area contributed by atoms with Gasteiger partial charge in [-0.25, -0.2) is 0 Å². The van der Waals surface area contributed by atoms with Crippen LogP contribution in [0.5, 0.6) is 0 Å². The highest BCUT2D eigenvalue weighted by Gasteiger charge is 2.37. The third-order valence-corrected chi connectivity index (χ3v) is 3.95. The topological polar surface area (TPSA) is 64.4 Å². The van der Waals surface area contributed by atoms with Gasteiger partial charge in [-0.05, 0) is 24.3 Å². The lowest BCUT2D eigenvalue weighted by Gasteiger charge is -2.34. The van der Waals surface area contributed by atoms with Crippen molar-refractivity contribution in [1.82, 2.24) is 5.32 Å². The summed E-state index contributed by atoms with van der Waals surface area (Å²) >= 11 is 0. The molecule has 0 aliphatic carbocycles. The first-order valence-electron chi connectivity index (χ1n) is 7.25. The van der Waals surface area contributed by atoms with Crippen molar-refractivity contribution in [2.75, 3.05) is 13.2 Å². The van der Waals surface area contributed by atoms with Crippen LogP contribution in [0.1, 0.15) is 38.3 Å². The summed E-state index contributed by atoms with van der Waals surface area (Å²) in [5, 5.41) is 3.12. The number of rotatable bonds is 4. The minimum atomic E-state index is -0.791. The number of hydrogen-bond donors (Lipinski definition) is 2. The third-order valence-electron chi connectivity index (χ3n) is 3.95. The van der Waals surface area contributed by atoms with Crippen LogP contribution in [0.2, 0.25) is 0 Å². The molecule has 0 bridgehead atoms. The first-order chi connectivity index (χ1) is 9.53. The molecule has 0 radical (unpaired) electrons.